The molecule has 0 aliphatic rings. The monoisotopic (exact) mass is 612 g/mol. The molecule has 16 heteroatoms. The van der Waals surface area contributed by atoms with Gasteiger partial charge < -0.3 is 19.4 Å². The maximum absolute atomic E-state index is 13.3. The molecule has 1 aromatic carbocycles. The van der Waals surface area contributed by atoms with E-state index in [2.05, 4.69) is 15.3 Å². The van der Waals surface area contributed by atoms with Crippen LogP contribution in [0.25, 0.3) is 11.0 Å². The summed E-state index contributed by atoms with van der Waals surface area (Å²) in [5.74, 6) is -0.809. The molecule has 0 saturated heterocycles. The number of hydrogen-bond donors (Lipinski definition) is 1. The number of imidazole rings is 1. The van der Waals surface area contributed by atoms with Crippen LogP contribution in [0.4, 0.5) is 31.1 Å². The van der Waals surface area contributed by atoms with E-state index in [9.17, 15) is 35.9 Å². The number of methoxy groups -OCH3 is 1. The highest BCUT2D eigenvalue weighted by Gasteiger charge is 2.33. The molecule has 0 radical (unpaired) electrons. The molecular weight excluding hydrogens is 590 g/mol. The third kappa shape index (κ3) is 7.93. The molecule has 218 valence electrons. The number of nitrogens with zero attached hydrogens (tertiary/aromatic N) is 3. The molecule has 1 N–H and O–H groups in total. The lowest BCUT2D eigenvalue weighted by molar-refractivity contribution is -0.143. The maximum Gasteiger partial charge on any atom is 0.417 e. The predicted molar refractivity (Wildman–Crippen MR) is 133 cm³/mol. The molecule has 0 fully saturated rings. The van der Waals surface area contributed by atoms with E-state index in [4.69, 9.17) is 21.1 Å². The number of pyridine rings is 1. The maximum atomic E-state index is 13.3. The number of ether oxygens (including phenoxy) is 2. The molecule has 0 aliphatic heterocycles. The van der Waals surface area contributed by atoms with E-state index in [0.29, 0.717) is 12.3 Å². The van der Waals surface area contributed by atoms with E-state index >= 15 is 0 Å². The van der Waals surface area contributed by atoms with E-state index in [1.807, 2.05) is 0 Å². The molecule has 0 saturated carbocycles. The molecule has 8 nitrogen and oxygen atoms in total. The first-order chi connectivity index (χ1) is 18.4. The number of carbonyl (C=O) groups is 2. The molecule has 2 heterocycles. The van der Waals surface area contributed by atoms with Gasteiger partial charge in [-0.3, -0.25) is 0 Å². The third-order valence-electron chi connectivity index (χ3n) is 5.18. The van der Waals surface area contributed by atoms with Gasteiger partial charge in [0.05, 0.1) is 34.3 Å². The molecule has 3 rings (SSSR count). The van der Waals surface area contributed by atoms with Crippen molar-refractivity contribution < 1.29 is 45.4 Å². The molecule has 0 spiro atoms. The number of fused-ring (bicyclic) bond motifs is 1. The molecule has 40 heavy (non-hydrogen) atoms. The fraction of sp³-hybridized carbons (Fsp3) is 0.417. The molecule has 1 amide bonds. The SMILES string of the molecule is COC(=O)[C@H](CCn1c(Sc2ncc(C(F)(F)F)cc2Cl)nc2cc(C(F)(F)F)ccc21)NC(=O)OC(C)(C)C. The van der Waals surface area contributed by atoms with Crippen molar-refractivity contribution in [3.05, 3.63) is 46.6 Å². The zero-order valence-corrected chi connectivity index (χ0v) is 23.0. The number of carbonyl (C=O) groups excluding carboxylic acids is 2. The quantitative estimate of drug-likeness (QED) is 0.233. The van der Waals surface area contributed by atoms with Crippen molar-refractivity contribution >= 4 is 46.5 Å². The molecule has 0 unspecified atom stereocenters. The van der Waals surface area contributed by atoms with Crippen LogP contribution in [0.15, 0.2) is 40.6 Å². The lowest BCUT2D eigenvalue weighted by Gasteiger charge is -2.23. The van der Waals surface area contributed by atoms with E-state index in [-0.39, 0.29) is 39.2 Å². The second-order valence-electron chi connectivity index (χ2n) is 9.37. The number of alkyl carbamates (subject to hydrolysis) is 1. The van der Waals surface area contributed by atoms with Gasteiger partial charge in [-0.2, -0.15) is 26.3 Å². The minimum atomic E-state index is -4.69. The van der Waals surface area contributed by atoms with Gasteiger partial charge in [-0.25, -0.2) is 19.6 Å². The number of halogens is 7. The van der Waals surface area contributed by atoms with Gasteiger partial charge >= 0.3 is 24.4 Å². The van der Waals surface area contributed by atoms with Crippen LogP contribution in [0, 0.1) is 0 Å². The second-order valence-corrected chi connectivity index (χ2v) is 10.7. The first-order valence-electron chi connectivity index (χ1n) is 11.4. The van der Waals surface area contributed by atoms with Crippen LogP contribution < -0.4 is 5.32 Å². The van der Waals surface area contributed by atoms with Gasteiger partial charge in [-0.15, -0.1) is 0 Å². The van der Waals surface area contributed by atoms with E-state index in [0.717, 1.165) is 31.0 Å². The number of hydrogen-bond acceptors (Lipinski definition) is 7. The number of aromatic nitrogens is 3. The largest absolute Gasteiger partial charge is 0.467 e. The Morgan fingerprint density at radius 2 is 1.73 bits per heavy atom. The normalized spacial score (nSPS) is 13.3. The standard InChI is InChI=1S/C24H23ClF6N4O4S/c1-22(2,3)39-21(37)34-15(19(36)38-4)7-8-35-17-6-5-12(23(26,27)28)10-16(17)33-20(35)40-18-14(25)9-13(11-32-18)24(29,30)31/h5-6,9-11,15H,7-8H2,1-4H3,(H,34,37)/t15-/m0/s1. The van der Waals surface area contributed by atoms with Crippen molar-refractivity contribution in [2.75, 3.05) is 7.11 Å². The first-order valence-corrected chi connectivity index (χ1v) is 12.6. The summed E-state index contributed by atoms with van der Waals surface area (Å²) in [7, 11) is 1.11. The van der Waals surface area contributed by atoms with E-state index in [1.54, 1.807) is 20.8 Å². The summed E-state index contributed by atoms with van der Waals surface area (Å²) in [6.07, 6.45) is -9.79. The van der Waals surface area contributed by atoms with Crippen molar-refractivity contribution in [3.8, 4) is 0 Å². The van der Waals surface area contributed by atoms with Crippen LogP contribution in [-0.4, -0.2) is 45.4 Å². The summed E-state index contributed by atoms with van der Waals surface area (Å²) in [5.41, 5.74) is -2.76. The van der Waals surface area contributed by atoms with Gasteiger partial charge in [-0.1, -0.05) is 11.6 Å². The number of benzene rings is 1. The minimum absolute atomic E-state index is 0.0318. The number of rotatable bonds is 7. The van der Waals surface area contributed by atoms with Gasteiger partial charge in [-0.05, 0) is 63.2 Å². The molecule has 0 bridgehead atoms. The molecule has 2 aromatic heterocycles. The van der Waals surface area contributed by atoms with Crippen molar-refractivity contribution in [1.29, 1.82) is 0 Å². The van der Waals surface area contributed by atoms with Crippen LogP contribution in [0.2, 0.25) is 5.02 Å². The van der Waals surface area contributed by atoms with Gasteiger partial charge in [0.15, 0.2) is 5.16 Å². The summed E-state index contributed by atoms with van der Waals surface area (Å²) >= 11 is 6.75. The summed E-state index contributed by atoms with van der Waals surface area (Å²) in [5, 5.41) is 1.99. The summed E-state index contributed by atoms with van der Waals surface area (Å²) < 4.78 is 90.4. The predicted octanol–water partition coefficient (Wildman–Crippen LogP) is 6.73. The highest BCUT2D eigenvalue weighted by molar-refractivity contribution is 7.99. The van der Waals surface area contributed by atoms with Crippen LogP contribution >= 0.6 is 23.4 Å². The Balaban J connectivity index is 1.99. The highest BCUT2D eigenvalue weighted by Crippen LogP contribution is 2.38. The molecular formula is C24H23ClF6N4O4S. The third-order valence-corrected chi connectivity index (χ3v) is 6.59. The fourth-order valence-corrected chi connectivity index (χ4v) is 4.58. The van der Waals surface area contributed by atoms with Gasteiger partial charge in [0, 0.05) is 12.7 Å². The Labute approximate surface area is 233 Å². The lowest BCUT2D eigenvalue weighted by atomic mass is 10.2. The average Bonchev–Trinajstić information content (AvgIpc) is 3.16. The Morgan fingerprint density at radius 1 is 1.07 bits per heavy atom. The summed E-state index contributed by atoms with van der Waals surface area (Å²) in [6.45, 7) is 4.78. The molecule has 3 aromatic rings. The highest BCUT2D eigenvalue weighted by atomic mass is 35.5. The van der Waals surface area contributed by atoms with E-state index < -0.39 is 47.2 Å². The second kappa shape index (κ2) is 11.7. The Kier molecular flexibility index (Phi) is 9.19. The molecule has 1 atom stereocenters. The fourth-order valence-electron chi connectivity index (χ4n) is 3.42. The van der Waals surface area contributed by atoms with Crippen LogP contribution in [0.5, 0.6) is 0 Å². The zero-order chi connectivity index (χ0) is 30.0. The number of nitrogens with one attached hydrogen (secondary N) is 1. The van der Waals surface area contributed by atoms with Gasteiger partial charge in [0.25, 0.3) is 0 Å². The van der Waals surface area contributed by atoms with Crippen molar-refractivity contribution in [2.45, 2.75) is 67.9 Å². The Bertz CT molecular complexity index is 1400. The van der Waals surface area contributed by atoms with E-state index in [1.165, 1.54) is 10.6 Å². The van der Waals surface area contributed by atoms with Crippen LogP contribution in [-0.2, 0) is 33.2 Å². The number of esters is 1. The van der Waals surface area contributed by atoms with Gasteiger partial charge in [0.2, 0.25) is 0 Å². The van der Waals surface area contributed by atoms with Crippen molar-refractivity contribution in [3.63, 3.8) is 0 Å². The summed E-state index contributed by atoms with van der Waals surface area (Å²) in [4.78, 5) is 32.6. The molecule has 0 aliphatic carbocycles. The van der Waals surface area contributed by atoms with Crippen molar-refractivity contribution in [1.82, 2.24) is 19.9 Å². The Morgan fingerprint density at radius 3 is 2.27 bits per heavy atom. The van der Waals surface area contributed by atoms with Gasteiger partial charge in [0.1, 0.15) is 16.7 Å². The summed E-state index contributed by atoms with van der Waals surface area (Å²) in [6, 6.07) is 2.29. The minimum Gasteiger partial charge on any atom is -0.467 e. The average molecular weight is 613 g/mol. The number of aryl methyl sites for hydroxylation is 1. The topological polar surface area (TPSA) is 95.3 Å². The first kappa shape index (κ1) is 31.3. The Hall–Kier alpha value is -3.20. The van der Waals surface area contributed by atoms with Crippen molar-refractivity contribution in [2.24, 2.45) is 0 Å². The number of alkyl halides is 6. The van der Waals surface area contributed by atoms with Crippen LogP contribution in [0.1, 0.15) is 38.3 Å². The lowest BCUT2D eigenvalue weighted by Crippen LogP contribution is -2.44. The number of amides is 1. The van der Waals surface area contributed by atoms with Crippen LogP contribution in [0.3, 0.4) is 0 Å². The smallest absolute Gasteiger partial charge is 0.417 e. The zero-order valence-electron chi connectivity index (χ0n) is 21.4.